The average molecular weight is 430 g/mol. The third kappa shape index (κ3) is 4.14. The maximum absolute atomic E-state index is 12.8. The van der Waals surface area contributed by atoms with Crippen molar-refractivity contribution in [3.63, 3.8) is 0 Å². The van der Waals surface area contributed by atoms with Crippen LogP contribution in [0, 0.1) is 6.92 Å². The summed E-state index contributed by atoms with van der Waals surface area (Å²) < 4.78 is 0. The fraction of sp³-hybridized carbons (Fsp3) is 0.250. The molecule has 0 saturated carbocycles. The second-order valence-corrected chi connectivity index (χ2v) is 9.30. The second kappa shape index (κ2) is 8.46. The Bertz CT molecular complexity index is 984. The van der Waals surface area contributed by atoms with Crippen LogP contribution in [0.1, 0.15) is 21.6 Å². The largest absolute Gasteiger partial charge is 0.349 e. The number of nitrogens with one attached hydrogen (secondary N) is 1. The van der Waals surface area contributed by atoms with Crippen molar-refractivity contribution in [2.45, 2.75) is 19.5 Å². The Hall–Kier alpha value is -2.16. The fourth-order valence-corrected chi connectivity index (χ4v) is 5.79. The first-order valence-corrected chi connectivity index (χ1v) is 11.7. The predicted octanol–water partition coefficient (Wildman–Crippen LogP) is 4.01. The first kappa shape index (κ1) is 19.2. The van der Waals surface area contributed by atoms with Gasteiger partial charge in [0.25, 0.3) is 5.91 Å². The van der Waals surface area contributed by atoms with Crippen LogP contribution < -0.4 is 5.32 Å². The number of benzene rings is 1. The van der Waals surface area contributed by atoms with Crippen LogP contribution in [0.15, 0.2) is 47.2 Å². The van der Waals surface area contributed by atoms with Gasteiger partial charge in [-0.05, 0) is 30.5 Å². The summed E-state index contributed by atoms with van der Waals surface area (Å²) in [5, 5.41) is 7.90. The Morgan fingerprint density at radius 1 is 1.25 bits per heavy atom. The van der Waals surface area contributed by atoms with Crippen LogP contribution in [0.25, 0.3) is 9.88 Å². The fourth-order valence-electron chi connectivity index (χ4n) is 3.00. The molecule has 3 aromatic rings. The summed E-state index contributed by atoms with van der Waals surface area (Å²) in [6.45, 7) is 2.33. The van der Waals surface area contributed by atoms with Gasteiger partial charge in [0.1, 0.15) is 11.0 Å². The molecule has 0 radical (unpaired) electrons. The monoisotopic (exact) mass is 429 g/mol. The molecule has 2 aromatic heterocycles. The topological polar surface area (TPSA) is 62.3 Å². The van der Waals surface area contributed by atoms with E-state index in [1.807, 2.05) is 48.0 Å². The highest BCUT2D eigenvalue weighted by Gasteiger charge is 2.35. The highest BCUT2D eigenvalue weighted by molar-refractivity contribution is 7.99. The van der Waals surface area contributed by atoms with Gasteiger partial charge in [-0.2, -0.15) is 0 Å². The van der Waals surface area contributed by atoms with E-state index in [-0.39, 0.29) is 11.8 Å². The molecule has 1 aromatic carbocycles. The van der Waals surface area contributed by atoms with Gasteiger partial charge in [0.15, 0.2) is 0 Å². The standard InChI is InChI=1S/C20H19N3O2S3/c1-13-4-2-5-14(8-13)20(25)23-12-26-11-16(23)18(24)21-9-15-10-28-19(22-15)17-6-3-7-27-17/h2-8,10,16H,9,11-12H2,1H3,(H,21,24). The lowest BCUT2D eigenvalue weighted by Gasteiger charge is -2.23. The van der Waals surface area contributed by atoms with Crippen LogP contribution >= 0.6 is 34.4 Å². The van der Waals surface area contributed by atoms with Crippen molar-refractivity contribution in [1.82, 2.24) is 15.2 Å². The van der Waals surface area contributed by atoms with E-state index in [2.05, 4.69) is 10.3 Å². The van der Waals surface area contributed by atoms with Gasteiger partial charge in [0, 0.05) is 16.7 Å². The van der Waals surface area contributed by atoms with Gasteiger partial charge in [-0.15, -0.1) is 34.4 Å². The molecule has 8 heteroatoms. The number of thioether (sulfide) groups is 1. The molecule has 1 atom stereocenters. The Labute approximate surface area is 175 Å². The normalized spacial score (nSPS) is 16.3. The number of rotatable bonds is 5. The number of carbonyl (C=O) groups is 2. The number of nitrogens with zero attached hydrogens (tertiary/aromatic N) is 2. The zero-order valence-electron chi connectivity index (χ0n) is 15.3. The summed E-state index contributed by atoms with van der Waals surface area (Å²) in [7, 11) is 0. The maximum atomic E-state index is 12.8. The van der Waals surface area contributed by atoms with E-state index in [9.17, 15) is 9.59 Å². The molecule has 144 valence electrons. The molecule has 3 heterocycles. The van der Waals surface area contributed by atoms with Crippen molar-refractivity contribution >= 4 is 46.2 Å². The number of aryl methyl sites for hydroxylation is 1. The van der Waals surface area contributed by atoms with Crippen LogP contribution in [0.2, 0.25) is 0 Å². The minimum atomic E-state index is -0.451. The number of hydrogen-bond acceptors (Lipinski definition) is 6. The summed E-state index contributed by atoms with van der Waals surface area (Å²) in [5.41, 5.74) is 2.49. The molecule has 1 unspecified atom stereocenters. The summed E-state index contributed by atoms with van der Waals surface area (Å²) in [6.07, 6.45) is 0. The Morgan fingerprint density at radius 3 is 2.93 bits per heavy atom. The van der Waals surface area contributed by atoms with Crippen molar-refractivity contribution < 1.29 is 9.59 Å². The van der Waals surface area contributed by atoms with E-state index >= 15 is 0 Å². The predicted molar refractivity (Wildman–Crippen MR) is 116 cm³/mol. The lowest BCUT2D eigenvalue weighted by atomic mass is 10.1. The summed E-state index contributed by atoms with van der Waals surface area (Å²) >= 11 is 4.83. The van der Waals surface area contributed by atoms with E-state index in [0.29, 0.717) is 23.7 Å². The second-order valence-electron chi connectivity index (χ2n) is 6.50. The molecule has 2 amide bonds. The van der Waals surface area contributed by atoms with Crippen LogP contribution in [0.3, 0.4) is 0 Å². The van der Waals surface area contributed by atoms with Crippen molar-refractivity contribution in [1.29, 1.82) is 0 Å². The molecule has 1 aliphatic rings. The number of carbonyl (C=O) groups excluding carboxylic acids is 2. The van der Waals surface area contributed by atoms with Gasteiger partial charge in [-0.1, -0.05) is 23.8 Å². The number of aromatic nitrogens is 1. The zero-order chi connectivity index (χ0) is 19.5. The van der Waals surface area contributed by atoms with Crippen LogP contribution in [-0.4, -0.2) is 39.4 Å². The Morgan fingerprint density at radius 2 is 2.14 bits per heavy atom. The minimum absolute atomic E-state index is 0.0949. The molecule has 28 heavy (non-hydrogen) atoms. The molecular weight excluding hydrogens is 410 g/mol. The lowest BCUT2D eigenvalue weighted by Crippen LogP contribution is -2.47. The van der Waals surface area contributed by atoms with Crippen molar-refractivity contribution in [3.8, 4) is 9.88 Å². The van der Waals surface area contributed by atoms with Crippen molar-refractivity contribution in [2.75, 3.05) is 11.6 Å². The van der Waals surface area contributed by atoms with E-state index in [1.165, 1.54) is 0 Å². The first-order chi connectivity index (χ1) is 13.6. The van der Waals surface area contributed by atoms with E-state index < -0.39 is 6.04 Å². The van der Waals surface area contributed by atoms with Crippen molar-refractivity contribution in [3.05, 3.63) is 64.0 Å². The average Bonchev–Trinajstić information content (AvgIpc) is 3.46. The van der Waals surface area contributed by atoms with Crippen LogP contribution in [0.5, 0.6) is 0 Å². The van der Waals surface area contributed by atoms with E-state index in [1.54, 1.807) is 45.4 Å². The molecule has 1 saturated heterocycles. The van der Waals surface area contributed by atoms with Gasteiger partial charge >= 0.3 is 0 Å². The van der Waals surface area contributed by atoms with Gasteiger partial charge in [0.05, 0.1) is 23.0 Å². The maximum Gasteiger partial charge on any atom is 0.255 e. The van der Waals surface area contributed by atoms with Gasteiger partial charge in [0.2, 0.25) is 5.91 Å². The molecule has 0 bridgehead atoms. The van der Waals surface area contributed by atoms with E-state index in [0.717, 1.165) is 21.1 Å². The van der Waals surface area contributed by atoms with Crippen LogP contribution in [-0.2, 0) is 11.3 Å². The molecule has 0 aliphatic carbocycles. The smallest absolute Gasteiger partial charge is 0.255 e. The zero-order valence-corrected chi connectivity index (χ0v) is 17.7. The summed E-state index contributed by atoms with van der Waals surface area (Å²) in [4.78, 5) is 33.0. The quantitative estimate of drug-likeness (QED) is 0.666. The summed E-state index contributed by atoms with van der Waals surface area (Å²) in [5.74, 6) is 0.921. The lowest BCUT2D eigenvalue weighted by molar-refractivity contribution is -0.124. The highest BCUT2D eigenvalue weighted by Crippen LogP contribution is 2.28. The third-order valence-corrected chi connectivity index (χ3v) is 7.38. The molecule has 1 aliphatic heterocycles. The van der Waals surface area contributed by atoms with Gasteiger partial charge in [-0.25, -0.2) is 4.98 Å². The van der Waals surface area contributed by atoms with Gasteiger partial charge < -0.3 is 10.2 Å². The van der Waals surface area contributed by atoms with Crippen LogP contribution in [0.4, 0.5) is 0 Å². The molecule has 4 rings (SSSR count). The molecule has 5 nitrogen and oxygen atoms in total. The highest BCUT2D eigenvalue weighted by atomic mass is 32.2. The first-order valence-electron chi connectivity index (χ1n) is 8.83. The number of amides is 2. The molecular formula is C20H19N3O2S3. The molecule has 1 fully saturated rings. The summed E-state index contributed by atoms with van der Waals surface area (Å²) in [6, 6.07) is 11.1. The number of hydrogen-bond donors (Lipinski definition) is 1. The SMILES string of the molecule is Cc1cccc(C(=O)N2CSCC2C(=O)NCc2csc(-c3cccs3)n2)c1. The molecule has 1 N–H and O–H groups in total. The van der Waals surface area contributed by atoms with Crippen molar-refractivity contribution in [2.24, 2.45) is 0 Å². The van der Waals surface area contributed by atoms with Gasteiger partial charge in [-0.3, -0.25) is 9.59 Å². The number of thiazole rings is 1. The number of thiophene rings is 1. The Kier molecular flexibility index (Phi) is 5.79. The minimum Gasteiger partial charge on any atom is -0.349 e. The molecule has 0 spiro atoms. The Balaban J connectivity index is 1.39. The van der Waals surface area contributed by atoms with E-state index in [4.69, 9.17) is 0 Å². The third-order valence-electron chi connectivity index (χ3n) is 4.44.